The average Bonchev–Trinajstić information content (AvgIpc) is 1.54. The van der Waals surface area contributed by atoms with E-state index >= 15 is 0 Å². The molecule has 0 aliphatic carbocycles. The lowest BCUT2D eigenvalue weighted by Gasteiger charge is -1.61. The second kappa shape index (κ2) is 23.8. The van der Waals surface area contributed by atoms with E-state index in [1.165, 1.54) is 0 Å². The van der Waals surface area contributed by atoms with Crippen molar-refractivity contribution in [3.05, 3.63) is 0 Å². The van der Waals surface area contributed by atoms with Gasteiger partial charge in [-0.25, -0.2) is 0 Å². The maximum absolute atomic E-state index is 8.74. The number of hydrogen-bond acceptors (Lipinski definition) is 3. The molecule has 0 amide bonds. The van der Waals surface area contributed by atoms with E-state index < -0.39 is 24.8 Å². The van der Waals surface area contributed by atoms with Crippen molar-refractivity contribution in [3.8, 4) is 0 Å². The van der Waals surface area contributed by atoms with Crippen LogP contribution in [0.4, 0.5) is 0 Å². The van der Waals surface area contributed by atoms with Gasteiger partial charge in [0.25, 0.3) is 0 Å². The molecule has 0 aromatic carbocycles. The third-order valence-corrected chi connectivity index (χ3v) is 0. The van der Waals surface area contributed by atoms with Gasteiger partial charge in [-0.1, -0.05) is 0 Å². The fourth-order valence-corrected chi connectivity index (χ4v) is 0. The smallest absolute Gasteiger partial charge is 0.314 e. The summed E-state index contributed by atoms with van der Waals surface area (Å²) in [6.07, 6.45) is 0. The Morgan fingerprint density at radius 2 is 0.500 bits per heavy atom. The molecule has 0 saturated carbocycles. The van der Waals surface area contributed by atoms with Gasteiger partial charge in [0.1, 0.15) is 0 Å². The highest BCUT2D eigenvalue weighted by Gasteiger charge is 1.62. The molecular weight excluding hydrogens is 299 g/mol. The van der Waals surface area contributed by atoms with Crippen LogP contribution in [0, 0.1) is 0 Å². The van der Waals surface area contributed by atoms with Crippen molar-refractivity contribution >= 4 is 44.6 Å². The first-order valence-corrected chi connectivity index (χ1v) is 5.86. The fourth-order valence-electron chi connectivity index (χ4n) is 0. The largest absolute Gasteiger partial charge is 0.326 e. The van der Waals surface area contributed by atoms with Gasteiger partial charge in [-0.2, -0.15) is 0 Å². The SMILES string of the molecule is O=[PH](O)O.O=[PH](O)O.O=[PH](O)O.[P].[P]. The minimum Gasteiger partial charge on any atom is -0.326 e. The predicted molar refractivity (Wildman–Crippen MR) is 54.2 cm³/mol. The molecule has 0 bridgehead atoms. The highest BCUT2D eigenvalue weighted by molar-refractivity contribution is 7.31. The summed E-state index contributed by atoms with van der Waals surface area (Å²) < 4.78 is 26.2. The molecule has 6 radical (unpaired) electrons. The average molecular weight is 308 g/mol. The Labute approximate surface area is 88.3 Å². The molecule has 0 atom stereocenters. The van der Waals surface area contributed by atoms with E-state index in [1.54, 1.807) is 0 Å². The molecule has 0 aromatic rings. The second-order valence-electron chi connectivity index (χ2n) is 0.848. The lowest BCUT2D eigenvalue weighted by atomic mass is 15.8. The van der Waals surface area contributed by atoms with Crippen LogP contribution in [0.15, 0.2) is 0 Å². The minimum atomic E-state index is -3.13. The van der Waals surface area contributed by atoms with Gasteiger partial charge in [0, 0.05) is 19.8 Å². The first-order chi connectivity index (χ1) is 5.20. The number of rotatable bonds is 0. The van der Waals surface area contributed by atoms with E-state index in [0.717, 1.165) is 0 Å². The van der Waals surface area contributed by atoms with Crippen LogP contribution in [0.5, 0.6) is 0 Å². The van der Waals surface area contributed by atoms with Crippen LogP contribution in [-0.4, -0.2) is 29.4 Å². The molecule has 6 N–H and O–H groups in total. The summed E-state index contributed by atoms with van der Waals surface area (Å²) in [7, 11) is -9.39. The zero-order valence-electron chi connectivity index (χ0n) is 6.30. The van der Waals surface area contributed by atoms with Crippen molar-refractivity contribution in [2.75, 3.05) is 0 Å². The summed E-state index contributed by atoms with van der Waals surface area (Å²) in [5.74, 6) is 0. The molecule has 0 fully saturated rings. The molecule has 88 valence electrons. The van der Waals surface area contributed by atoms with Gasteiger partial charge in [-0.15, -0.1) is 0 Å². The lowest BCUT2D eigenvalue weighted by molar-refractivity contribution is 0.403. The molecule has 0 aromatic heterocycles. The van der Waals surface area contributed by atoms with Gasteiger partial charge in [0.05, 0.1) is 0 Å². The van der Waals surface area contributed by atoms with Crippen LogP contribution in [0.3, 0.4) is 0 Å². The molecule has 14 heavy (non-hydrogen) atoms. The van der Waals surface area contributed by atoms with Crippen LogP contribution in [-0.2, 0) is 13.7 Å². The summed E-state index contributed by atoms with van der Waals surface area (Å²) in [6, 6.07) is 0. The van der Waals surface area contributed by atoms with Crippen molar-refractivity contribution in [3.63, 3.8) is 0 Å². The fraction of sp³-hybridized carbons (Fsp3) is 0. The maximum atomic E-state index is 8.74. The Morgan fingerprint density at radius 3 is 0.500 bits per heavy atom. The van der Waals surface area contributed by atoms with Gasteiger partial charge in [-0.05, 0) is 0 Å². The van der Waals surface area contributed by atoms with E-state index in [-0.39, 0.29) is 19.8 Å². The summed E-state index contributed by atoms with van der Waals surface area (Å²) in [4.78, 5) is 42.9. The molecule has 0 aliphatic rings. The Bertz CT molecular complexity index is 111. The summed E-state index contributed by atoms with van der Waals surface area (Å²) in [5, 5.41) is 0. The highest BCUT2D eigenvalue weighted by atomic mass is 31.1. The molecule has 0 aliphatic heterocycles. The minimum absolute atomic E-state index is 0. The Hall–Kier alpha value is 1.31. The molecule has 14 heteroatoms. The summed E-state index contributed by atoms with van der Waals surface area (Å²) in [5.41, 5.74) is 0. The zero-order valence-corrected chi connectivity index (χ0v) is 11.1. The maximum Gasteiger partial charge on any atom is 0.314 e. The van der Waals surface area contributed by atoms with E-state index in [2.05, 4.69) is 0 Å². The zero-order chi connectivity index (χ0) is 10.7. The Morgan fingerprint density at radius 1 is 0.500 bits per heavy atom. The monoisotopic (exact) mass is 308 g/mol. The first-order valence-electron chi connectivity index (χ1n) is 1.95. The third-order valence-electron chi connectivity index (χ3n) is 0. The quantitative estimate of drug-likeness (QED) is 0.331. The van der Waals surface area contributed by atoms with Crippen LogP contribution in [0.25, 0.3) is 0 Å². The van der Waals surface area contributed by atoms with E-state index in [0.29, 0.717) is 0 Å². The van der Waals surface area contributed by atoms with Gasteiger partial charge >= 0.3 is 24.8 Å². The summed E-state index contributed by atoms with van der Waals surface area (Å²) in [6.45, 7) is 0. The highest BCUT2D eigenvalue weighted by Crippen LogP contribution is 1.99. The molecule has 0 spiro atoms. The van der Waals surface area contributed by atoms with Crippen molar-refractivity contribution in [2.45, 2.75) is 0 Å². The molecular formula is H9O9P5. The molecule has 0 unspecified atom stereocenters. The summed E-state index contributed by atoms with van der Waals surface area (Å²) >= 11 is 0. The van der Waals surface area contributed by atoms with Crippen molar-refractivity contribution in [1.29, 1.82) is 0 Å². The van der Waals surface area contributed by atoms with Crippen LogP contribution in [0.1, 0.15) is 0 Å². The lowest BCUT2D eigenvalue weighted by Crippen LogP contribution is -1.38. The first kappa shape index (κ1) is 29.5. The predicted octanol–water partition coefficient (Wildman–Crippen LogP) is -0.196. The Balaban J connectivity index is -0.0000000270. The van der Waals surface area contributed by atoms with Gasteiger partial charge in [0.2, 0.25) is 0 Å². The van der Waals surface area contributed by atoms with Gasteiger partial charge in [0.15, 0.2) is 0 Å². The van der Waals surface area contributed by atoms with Crippen molar-refractivity contribution < 1.29 is 43.1 Å². The Kier molecular flexibility index (Phi) is 50.2. The van der Waals surface area contributed by atoms with Gasteiger partial charge < -0.3 is 29.4 Å². The molecule has 0 saturated heterocycles. The normalized spacial score (nSPS) is 7.50. The standard InChI is InChI=1S/3H3O3P.2P/c3*1-4(2)3;;/h3*4H,(H2,1,2,3);;. The van der Waals surface area contributed by atoms with Crippen LogP contribution in [0.2, 0.25) is 0 Å². The van der Waals surface area contributed by atoms with E-state index in [1.807, 2.05) is 0 Å². The topological polar surface area (TPSA) is 173 Å². The van der Waals surface area contributed by atoms with Crippen LogP contribution >= 0.6 is 44.6 Å². The molecule has 9 nitrogen and oxygen atoms in total. The third kappa shape index (κ3) is 1180. The van der Waals surface area contributed by atoms with Crippen molar-refractivity contribution in [1.82, 2.24) is 0 Å². The number of hydrogen-bond donors (Lipinski definition) is 6. The second-order valence-corrected chi connectivity index (χ2v) is 2.54. The molecule has 0 heterocycles. The van der Waals surface area contributed by atoms with E-state index in [4.69, 9.17) is 43.1 Å². The molecule has 0 rings (SSSR count). The van der Waals surface area contributed by atoms with Crippen LogP contribution < -0.4 is 0 Å². The van der Waals surface area contributed by atoms with Gasteiger partial charge in [-0.3, -0.25) is 13.7 Å². The van der Waals surface area contributed by atoms with E-state index in [9.17, 15) is 0 Å². The van der Waals surface area contributed by atoms with Crippen molar-refractivity contribution in [2.24, 2.45) is 0 Å².